The Labute approximate surface area is 125 Å². The van der Waals surface area contributed by atoms with Crippen molar-refractivity contribution in [3.8, 4) is 0 Å². The molecule has 0 bridgehead atoms. The van der Waals surface area contributed by atoms with E-state index in [0.717, 1.165) is 12.5 Å². The van der Waals surface area contributed by atoms with Crippen LogP contribution in [0.4, 0.5) is 13.2 Å². The third kappa shape index (κ3) is 2.05. The predicted octanol–water partition coefficient (Wildman–Crippen LogP) is 4.31. The molecule has 0 saturated carbocycles. The van der Waals surface area contributed by atoms with E-state index in [4.69, 9.17) is 10.5 Å². The SMILES string of the molecule is COC(N)(c1cc2ccccc2c2ccccc12)C(F)(F)F. The van der Waals surface area contributed by atoms with Gasteiger partial charge < -0.3 is 4.74 Å². The number of hydrogen-bond donors (Lipinski definition) is 1. The van der Waals surface area contributed by atoms with Crippen molar-refractivity contribution in [1.29, 1.82) is 0 Å². The van der Waals surface area contributed by atoms with Crippen molar-refractivity contribution in [3.63, 3.8) is 0 Å². The molecule has 0 aromatic heterocycles. The van der Waals surface area contributed by atoms with E-state index in [0.29, 0.717) is 16.2 Å². The topological polar surface area (TPSA) is 35.2 Å². The number of rotatable bonds is 2. The summed E-state index contributed by atoms with van der Waals surface area (Å²) in [6.45, 7) is 0. The summed E-state index contributed by atoms with van der Waals surface area (Å²) in [5, 5.41) is 2.71. The summed E-state index contributed by atoms with van der Waals surface area (Å²) in [6, 6.07) is 15.6. The average Bonchev–Trinajstić information content (AvgIpc) is 2.52. The Morgan fingerprint density at radius 3 is 2.00 bits per heavy atom. The molecule has 3 rings (SSSR count). The second-order valence-corrected chi connectivity index (χ2v) is 5.13. The van der Waals surface area contributed by atoms with Gasteiger partial charge >= 0.3 is 6.18 Å². The number of hydrogen-bond acceptors (Lipinski definition) is 2. The van der Waals surface area contributed by atoms with Crippen molar-refractivity contribution in [2.75, 3.05) is 7.11 Å². The van der Waals surface area contributed by atoms with Crippen LogP contribution in [0.25, 0.3) is 21.5 Å². The molecule has 0 aliphatic heterocycles. The summed E-state index contributed by atoms with van der Waals surface area (Å²) in [4.78, 5) is 0. The number of nitrogens with two attached hydrogens (primary N) is 1. The van der Waals surface area contributed by atoms with Crippen LogP contribution in [0.2, 0.25) is 0 Å². The van der Waals surface area contributed by atoms with Crippen molar-refractivity contribution in [2.24, 2.45) is 5.73 Å². The zero-order valence-electron chi connectivity index (χ0n) is 11.8. The van der Waals surface area contributed by atoms with E-state index in [1.54, 1.807) is 36.4 Å². The lowest BCUT2D eigenvalue weighted by Gasteiger charge is -2.32. The first kappa shape index (κ1) is 14.8. The molecule has 5 heteroatoms. The van der Waals surface area contributed by atoms with Gasteiger partial charge in [0.2, 0.25) is 5.72 Å². The first-order valence-corrected chi connectivity index (χ1v) is 6.70. The quantitative estimate of drug-likeness (QED) is 0.565. The minimum Gasteiger partial charge on any atom is -0.352 e. The van der Waals surface area contributed by atoms with Crippen LogP contribution < -0.4 is 5.73 Å². The predicted molar refractivity (Wildman–Crippen MR) is 80.4 cm³/mol. The molecular weight excluding hydrogens is 291 g/mol. The molecule has 0 spiro atoms. The van der Waals surface area contributed by atoms with Gasteiger partial charge in [-0.1, -0.05) is 48.5 Å². The fourth-order valence-corrected chi connectivity index (χ4v) is 2.74. The minimum atomic E-state index is -4.73. The van der Waals surface area contributed by atoms with Gasteiger partial charge in [0.05, 0.1) is 0 Å². The monoisotopic (exact) mass is 305 g/mol. The maximum Gasteiger partial charge on any atom is 0.435 e. The van der Waals surface area contributed by atoms with Crippen LogP contribution in [0.3, 0.4) is 0 Å². The Balaban J connectivity index is 2.47. The molecule has 0 heterocycles. The van der Waals surface area contributed by atoms with E-state index < -0.39 is 11.9 Å². The van der Waals surface area contributed by atoms with Crippen LogP contribution in [-0.4, -0.2) is 13.3 Å². The molecule has 2 N–H and O–H groups in total. The number of halogens is 3. The molecule has 0 aliphatic carbocycles. The molecule has 0 aliphatic rings. The Hall–Kier alpha value is -2.11. The molecule has 22 heavy (non-hydrogen) atoms. The molecule has 2 nitrogen and oxygen atoms in total. The van der Waals surface area contributed by atoms with E-state index in [9.17, 15) is 13.2 Å². The van der Waals surface area contributed by atoms with Crippen LogP contribution >= 0.6 is 0 Å². The van der Waals surface area contributed by atoms with E-state index in [1.165, 1.54) is 6.07 Å². The number of methoxy groups -OCH3 is 1. The molecule has 1 unspecified atom stereocenters. The van der Waals surface area contributed by atoms with Crippen LogP contribution in [0, 0.1) is 0 Å². The molecule has 0 fully saturated rings. The number of alkyl halides is 3. The van der Waals surface area contributed by atoms with Gasteiger partial charge in [-0.25, -0.2) is 0 Å². The highest BCUT2D eigenvalue weighted by Crippen LogP contribution is 2.42. The second-order valence-electron chi connectivity index (χ2n) is 5.13. The zero-order valence-corrected chi connectivity index (χ0v) is 11.8. The van der Waals surface area contributed by atoms with E-state index in [-0.39, 0.29) is 5.56 Å². The summed E-state index contributed by atoms with van der Waals surface area (Å²) in [5.74, 6) is 0. The molecule has 0 amide bonds. The average molecular weight is 305 g/mol. The lowest BCUT2D eigenvalue weighted by Crippen LogP contribution is -2.52. The van der Waals surface area contributed by atoms with E-state index in [1.807, 2.05) is 12.1 Å². The van der Waals surface area contributed by atoms with Crippen molar-refractivity contribution >= 4 is 21.5 Å². The number of ether oxygens (including phenoxy) is 1. The molecular formula is C17H14F3NO. The highest BCUT2D eigenvalue weighted by atomic mass is 19.4. The molecule has 0 saturated heterocycles. The highest BCUT2D eigenvalue weighted by molar-refractivity contribution is 6.09. The van der Waals surface area contributed by atoms with E-state index in [2.05, 4.69) is 0 Å². The van der Waals surface area contributed by atoms with Gasteiger partial charge in [-0.05, 0) is 27.6 Å². The van der Waals surface area contributed by atoms with Crippen LogP contribution in [-0.2, 0) is 10.5 Å². The minimum absolute atomic E-state index is 0.0863. The second kappa shape index (κ2) is 4.97. The van der Waals surface area contributed by atoms with Crippen LogP contribution in [0.5, 0.6) is 0 Å². The van der Waals surface area contributed by atoms with Gasteiger partial charge in [-0.3, -0.25) is 5.73 Å². The van der Waals surface area contributed by atoms with Gasteiger partial charge in [0.25, 0.3) is 0 Å². The molecule has 3 aromatic carbocycles. The van der Waals surface area contributed by atoms with Gasteiger partial charge in [-0.2, -0.15) is 13.2 Å². The van der Waals surface area contributed by atoms with Crippen LogP contribution in [0.1, 0.15) is 5.56 Å². The molecule has 3 aromatic rings. The van der Waals surface area contributed by atoms with Crippen molar-refractivity contribution in [3.05, 3.63) is 60.2 Å². The van der Waals surface area contributed by atoms with Crippen molar-refractivity contribution < 1.29 is 17.9 Å². The fraction of sp³-hybridized carbons (Fsp3) is 0.176. The highest BCUT2D eigenvalue weighted by Gasteiger charge is 2.55. The smallest absolute Gasteiger partial charge is 0.352 e. The summed E-state index contributed by atoms with van der Waals surface area (Å²) < 4.78 is 45.1. The Kier molecular flexibility index (Phi) is 3.34. The summed E-state index contributed by atoms with van der Waals surface area (Å²) in [6.07, 6.45) is -4.73. The van der Waals surface area contributed by atoms with Gasteiger partial charge in [0.15, 0.2) is 0 Å². The van der Waals surface area contributed by atoms with Crippen LogP contribution in [0.15, 0.2) is 54.6 Å². The number of fused-ring (bicyclic) bond motifs is 3. The van der Waals surface area contributed by atoms with Crippen molar-refractivity contribution in [1.82, 2.24) is 0 Å². The number of benzene rings is 3. The normalized spacial score (nSPS) is 15.1. The summed E-state index contributed by atoms with van der Waals surface area (Å²) >= 11 is 0. The Bertz CT molecular complexity index is 844. The van der Waals surface area contributed by atoms with Gasteiger partial charge in [0, 0.05) is 12.7 Å². The largest absolute Gasteiger partial charge is 0.435 e. The summed E-state index contributed by atoms with van der Waals surface area (Å²) in [5.41, 5.74) is 2.67. The van der Waals surface area contributed by atoms with Crippen molar-refractivity contribution in [2.45, 2.75) is 11.9 Å². The lowest BCUT2D eigenvalue weighted by molar-refractivity contribution is -0.274. The Morgan fingerprint density at radius 1 is 0.864 bits per heavy atom. The summed E-state index contributed by atoms with van der Waals surface area (Å²) in [7, 11) is 0.970. The van der Waals surface area contributed by atoms with Gasteiger partial charge in [0.1, 0.15) is 0 Å². The fourth-order valence-electron chi connectivity index (χ4n) is 2.74. The molecule has 114 valence electrons. The first-order valence-electron chi connectivity index (χ1n) is 6.70. The van der Waals surface area contributed by atoms with E-state index >= 15 is 0 Å². The van der Waals surface area contributed by atoms with Gasteiger partial charge in [-0.15, -0.1) is 0 Å². The lowest BCUT2D eigenvalue weighted by atomic mass is 9.91. The third-order valence-electron chi connectivity index (χ3n) is 3.91. The Morgan fingerprint density at radius 2 is 1.41 bits per heavy atom. The molecule has 0 radical (unpaired) electrons. The third-order valence-corrected chi connectivity index (χ3v) is 3.91. The first-order chi connectivity index (χ1) is 10.4. The maximum absolute atomic E-state index is 13.5. The maximum atomic E-state index is 13.5. The zero-order chi connectivity index (χ0) is 16.0. The molecule has 1 atom stereocenters. The standard InChI is InChI=1S/C17H14F3NO/c1-22-16(21,17(18,19)20)15-10-11-6-2-3-7-12(11)13-8-4-5-9-14(13)15/h2-10H,21H2,1H3.